The lowest BCUT2D eigenvalue weighted by molar-refractivity contribution is -0.140. The fourth-order valence-corrected chi connectivity index (χ4v) is 1.94. The van der Waals surface area contributed by atoms with Gasteiger partial charge in [-0.2, -0.15) is 0 Å². The summed E-state index contributed by atoms with van der Waals surface area (Å²) in [4.78, 5) is 16.4. The maximum absolute atomic E-state index is 12.2. The molecule has 0 aromatic carbocycles. The molecule has 0 aromatic rings. The number of carbonyl (C=O) groups is 1. The molecule has 1 rings (SSSR count). The minimum absolute atomic E-state index is 0.0610. The highest BCUT2D eigenvalue weighted by molar-refractivity contribution is 5.79. The van der Waals surface area contributed by atoms with E-state index in [2.05, 4.69) is 25.8 Å². The lowest BCUT2D eigenvalue weighted by Gasteiger charge is -2.46. The van der Waals surface area contributed by atoms with Crippen molar-refractivity contribution in [2.24, 2.45) is 11.7 Å². The van der Waals surface area contributed by atoms with Crippen molar-refractivity contribution < 1.29 is 4.79 Å². The fourth-order valence-electron chi connectivity index (χ4n) is 1.94. The quantitative estimate of drug-likeness (QED) is 0.748. The van der Waals surface area contributed by atoms with Crippen molar-refractivity contribution >= 4 is 5.91 Å². The maximum atomic E-state index is 12.2. The minimum atomic E-state index is -0.0841. The summed E-state index contributed by atoms with van der Waals surface area (Å²) in [5.74, 6) is 0.107. The van der Waals surface area contributed by atoms with Crippen molar-refractivity contribution in [3.8, 4) is 0 Å². The molecule has 0 spiro atoms. The molecule has 0 aromatic heterocycles. The smallest absolute Gasteiger partial charge is 0.227 e. The number of nitrogens with zero attached hydrogens (tertiary/aromatic N) is 2. The lowest BCUT2D eigenvalue weighted by atomic mass is 9.96. The van der Waals surface area contributed by atoms with E-state index in [1.807, 2.05) is 18.7 Å². The molecule has 2 unspecified atom stereocenters. The van der Waals surface area contributed by atoms with Crippen LogP contribution in [0.5, 0.6) is 0 Å². The summed E-state index contributed by atoms with van der Waals surface area (Å²) < 4.78 is 0. The van der Waals surface area contributed by atoms with E-state index in [-0.39, 0.29) is 23.4 Å². The maximum Gasteiger partial charge on any atom is 0.227 e. The molecule has 0 radical (unpaired) electrons. The summed E-state index contributed by atoms with van der Waals surface area (Å²) in [6.07, 6.45) is 0. The third-order valence-electron chi connectivity index (χ3n) is 3.81. The molecule has 1 fully saturated rings. The average Bonchev–Trinajstić information content (AvgIpc) is 2.19. The van der Waals surface area contributed by atoms with Crippen LogP contribution in [0, 0.1) is 5.92 Å². The van der Waals surface area contributed by atoms with Gasteiger partial charge >= 0.3 is 0 Å². The Hall–Kier alpha value is -0.610. The second-order valence-electron chi connectivity index (χ2n) is 5.64. The third-order valence-corrected chi connectivity index (χ3v) is 3.81. The van der Waals surface area contributed by atoms with Crippen molar-refractivity contribution in [2.75, 3.05) is 26.7 Å². The van der Waals surface area contributed by atoms with Crippen LogP contribution in [0.2, 0.25) is 0 Å². The van der Waals surface area contributed by atoms with Crippen LogP contribution in [0.3, 0.4) is 0 Å². The molecule has 1 aliphatic heterocycles. The molecule has 4 heteroatoms. The van der Waals surface area contributed by atoms with Crippen LogP contribution in [0.1, 0.15) is 27.7 Å². The van der Waals surface area contributed by atoms with E-state index in [1.54, 1.807) is 0 Å². The number of rotatable bonds is 2. The molecular formula is C12H25N3O. The van der Waals surface area contributed by atoms with Gasteiger partial charge < -0.3 is 10.6 Å². The Morgan fingerprint density at radius 3 is 2.31 bits per heavy atom. The second-order valence-corrected chi connectivity index (χ2v) is 5.64. The van der Waals surface area contributed by atoms with Gasteiger partial charge in [-0.25, -0.2) is 0 Å². The molecule has 4 nitrogen and oxygen atoms in total. The van der Waals surface area contributed by atoms with Crippen LogP contribution in [0.25, 0.3) is 0 Å². The van der Waals surface area contributed by atoms with Crippen molar-refractivity contribution in [3.05, 3.63) is 0 Å². The predicted molar refractivity (Wildman–Crippen MR) is 66.1 cm³/mol. The number of amides is 1. The van der Waals surface area contributed by atoms with Crippen LogP contribution in [0.15, 0.2) is 0 Å². The lowest BCUT2D eigenvalue weighted by Crippen LogP contribution is -2.60. The molecule has 0 aliphatic carbocycles. The molecule has 1 aliphatic rings. The van der Waals surface area contributed by atoms with Crippen LogP contribution in [0.4, 0.5) is 0 Å². The molecule has 0 saturated carbocycles. The van der Waals surface area contributed by atoms with Gasteiger partial charge in [0, 0.05) is 31.2 Å². The van der Waals surface area contributed by atoms with E-state index in [9.17, 15) is 4.79 Å². The highest BCUT2D eigenvalue weighted by Gasteiger charge is 2.35. The van der Waals surface area contributed by atoms with Gasteiger partial charge in [0.2, 0.25) is 5.91 Å². The summed E-state index contributed by atoms with van der Waals surface area (Å²) in [6, 6.07) is -0.0738. The van der Waals surface area contributed by atoms with Gasteiger partial charge in [0.05, 0.1) is 5.92 Å². The summed E-state index contributed by atoms with van der Waals surface area (Å²) in [6.45, 7) is 10.7. The third kappa shape index (κ3) is 2.74. The number of piperazine rings is 1. The van der Waals surface area contributed by atoms with Crippen molar-refractivity contribution in [1.29, 1.82) is 0 Å². The van der Waals surface area contributed by atoms with Crippen molar-refractivity contribution in [2.45, 2.75) is 39.3 Å². The first-order valence-electron chi connectivity index (χ1n) is 6.01. The summed E-state index contributed by atoms with van der Waals surface area (Å²) in [5, 5.41) is 0. The number of likely N-dealkylation sites (N-methyl/N-ethyl adjacent to an activating group) is 1. The molecule has 16 heavy (non-hydrogen) atoms. The Kier molecular flexibility index (Phi) is 3.97. The number of hydrogen-bond donors (Lipinski definition) is 1. The van der Waals surface area contributed by atoms with E-state index in [0.29, 0.717) is 0 Å². The molecule has 2 N–H and O–H groups in total. The number of carbonyl (C=O) groups excluding carboxylic acids is 1. The Balaban J connectivity index is 2.66. The van der Waals surface area contributed by atoms with Crippen LogP contribution in [-0.2, 0) is 4.79 Å². The Labute approximate surface area is 98.8 Å². The van der Waals surface area contributed by atoms with Crippen molar-refractivity contribution in [1.82, 2.24) is 9.80 Å². The van der Waals surface area contributed by atoms with Crippen LogP contribution < -0.4 is 5.73 Å². The molecule has 94 valence electrons. The average molecular weight is 227 g/mol. The predicted octanol–water partition coefficient (Wildman–Crippen LogP) is 0.522. The fraction of sp³-hybridized carbons (Fsp3) is 0.917. The topological polar surface area (TPSA) is 49.6 Å². The van der Waals surface area contributed by atoms with Crippen LogP contribution >= 0.6 is 0 Å². The summed E-state index contributed by atoms with van der Waals surface area (Å²) in [7, 11) is 2.11. The normalized spacial score (nSPS) is 25.2. The van der Waals surface area contributed by atoms with E-state index in [0.717, 1.165) is 19.6 Å². The molecule has 1 saturated heterocycles. The second kappa shape index (κ2) is 4.72. The standard InChI is InChI=1S/C12H25N3O/c1-9(10(2)13)11(16)15-7-6-14(5)12(3,4)8-15/h9-10H,6-8,13H2,1-5H3. The largest absolute Gasteiger partial charge is 0.339 e. The SMILES string of the molecule is CC(N)C(C)C(=O)N1CCN(C)C(C)(C)C1. The van der Waals surface area contributed by atoms with E-state index in [4.69, 9.17) is 5.73 Å². The van der Waals surface area contributed by atoms with Crippen molar-refractivity contribution in [3.63, 3.8) is 0 Å². The van der Waals surface area contributed by atoms with Gasteiger partial charge in [-0.1, -0.05) is 6.92 Å². The van der Waals surface area contributed by atoms with Gasteiger partial charge in [0.25, 0.3) is 0 Å². The Bertz CT molecular complexity index is 263. The summed E-state index contributed by atoms with van der Waals surface area (Å²) in [5.41, 5.74) is 5.84. The molecule has 1 amide bonds. The van der Waals surface area contributed by atoms with E-state index >= 15 is 0 Å². The first-order valence-corrected chi connectivity index (χ1v) is 6.01. The zero-order valence-electron chi connectivity index (χ0n) is 11.2. The van der Waals surface area contributed by atoms with Gasteiger partial charge in [-0.15, -0.1) is 0 Å². The Morgan fingerprint density at radius 1 is 1.31 bits per heavy atom. The zero-order valence-corrected chi connectivity index (χ0v) is 11.2. The molecule has 0 bridgehead atoms. The monoisotopic (exact) mass is 227 g/mol. The molecular weight excluding hydrogens is 202 g/mol. The van der Waals surface area contributed by atoms with Crippen LogP contribution in [-0.4, -0.2) is 54.0 Å². The zero-order chi connectivity index (χ0) is 12.5. The van der Waals surface area contributed by atoms with Gasteiger partial charge in [-0.3, -0.25) is 9.69 Å². The summed E-state index contributed by atoms with van der Waals surface area (Å²) >= 11 is 0. The van der Waals surface area contributed by atoms with Gasteiger partial charge in [-0.05, 0) is 27.8 Å². The molecule has 1 heterocycles. The van der Waals surface area contributed by atoms with E-state index < -0.39 is 0 Å². The molecule has 2 atom stereocenters. The highest BCUT2D eigenvalue weighted by Crippen LogP contribution is 2.20. The highest BCUT2D eigenvalue weighted by atomic mass is 16.2. The Morgan fingerprint density at radius 2 is 1.88 bits per heavy atom. The van der Waals surface area contributed by atoms with E-state index in [1.165, 1.54) is 0 Å². The first-order chi connectivity index (χ1) is 7.25. The van der Waals surface area contributed by atoms with Gasteiger partial charge in [0.15, 0.2) is 0 Å². The first kappa shape index (κ1) is 13.5. The minimum Gasteiger partial charge on any atom is -0.339 e. The number of hydrogen-bond acceptors (Lipinski definition) is 3. The van der Waals surface area contributed by atoms with Gasteiger partial charge in [0.1, 0.15) is 0 Å². The number of nitrogens with two attached hydrogens (primary N) is 1.